The van der Waals surface area contributed by atoms with Gasteiger partial charge < -0.3 is 10.6 Å². The highest BCUT2D eigenvalue weighted by molar-refractivity contribution is 5.93. The molecule has 1 rings (SSSR count). The van der Waals surface area contributed by atoms with Crippen molar-refractivity contribution in [3.8, 4) is 0 Å². The number of carbonyl (C=O) groups is 1. The number of hydrogen-bond acceptors (Lipinski definition) is 2. The molecule has 0 heterocycles. The molecule has 0 aliphatic carbocycles. The van der Waals surface area contributed by atoms with Crippen molar-refractivity contribution in [3.05, 3.63) is 30.1 Å². The van der Waals surface area contributed by atoms with Crippen LogP contribution in [0.1, 0.15) is 27.2 Å². The van der Waals surface area contributed by atoms with Gasteiger partial charge in [0.1, 0.15) is 5.82 Å². The molecule has 0 atom stereocenters. The van der Waals surface area contributed by atoms with Crippen LogP contribution in [-0.2, 0) is 4.79 Å². The van der Waals surface area contributed by atoms with Crippen molar-refractivity contribution in [1.82, 2.24) is 0 Å². The quantitative estimate of drug-likeness (QED) is 0.875. The van der Waals surface area contributed by atoms with E-state index >= 15 is 0 Å². The standard InChI is InChI=1S/C13H19FN2O/c1-4-16(12(17)9-13(2,3)15)11-7-5-6-10(14)8-11/h5-8H,4,9,15H2,1-3H3. The number of rotatable bonds is 4. The highest BCUT2D eigenvalue weighted by Crippen LogP contribution is 2.18. The van der Waals surface area contributed by atoms with Gasteiger partial charge in [-0.25, -0.2) is 4.39 Å². The third-order valence-corrected chi connectivity index (χ3v) is 2.34. The van der Waals surface area contributed by atoms with E-state index in [1.54, 1.807) is 26.0 Å². The first-order valence-electron chi connectivity index (χ1n) is 5.68. The zero-order valence-electron chi connectivity index (χ0n) is 10.5. The highest BCUT2D eigenvalue weighted by Gasteiger charge is 2.21. The van der Waals surface area contributed by atoms with E-state index in [2.05, 4.69) is 0 Å². The maximum absolute atomic E-state index is 13.1. The smallest absolute Gasteiger partial charge is 0.228 e. The van der Waals surface area contributed by atoms with Crippen LogP contribution < -0.4 is 10.6 Å². The largest absolute Gasteiger partial charge is 0.325 e. The Hall–Kier alpha value is -1.42. The summed E-state index contributed by atoms with van der Waals surface area (Å²) in [4.78, 5) is 13.6. The Labute approximate surface area is 101 Å². The fraction of sp³-hybridized carbons (Fsp3) is 0.462. The zero-order chi connectivity index (χ0) is 13.1. The summed E-state index contributed by atoms with van der Waals surface area (Å²) in [6.45, 7) is 5.94. The van der Waals surface area contributed by atoms with Crippen LogP contribution in [0.25, 0.3) is 0 Å². The van der Waals surface area contributed by atoms with Gasteiger partial charge in [-0.2, -0.15) is 0 Å². The van der Waals surface area contributed by atoms with Gasteiger partial charge in [-0.3, -0.25) is 4.79 Å². The lowest BCUT2D eigenvalue weighted by Crippen LogP contribution is -2.41. The monoisotopic (exact) mass is 238 g/mol. The average molecular weight is 238 g/mol. The Morgan fingerprint density at radius 2 is 2.12 bits per heavy atom. The van der Waals surface area contributed by atoms with E-state index in [-0.39, 0.29) is 18.1 Å². The predicted molar refractivity (Wildman–Crippen MR) is 67.3 cm³/mol. The third kappa shape index (κ3) is 4.15. The SMILES string of the molecule is CCN(C(=O)CC(C)(C)N)c1cccc(F)c1. The van der Waals surface area contributed by atoms with Crippen LogP contribution in [0.4, 0.5) is 10.1 Å². The minimum absolute atomic E-state index is 0.0920. The number of nitrogens with two attached hydrogens (primary N) is 1. The number of halogens is 1. The molecule has 17 heavy (non-hydrogen) atoms. The van der Waals surface area contributed by atoms with Gasteiger partial charge in [0.25, 0.3) is 0 Å². The second-order valence-corrected chi connectivity index (χ2v) is 4.78. The molecule has 0 saturated carbocycles. The molecule has 0 spiro atoms. The van der Waals surface area contributed by atoms with Crippen molar-refractivity contribution in [2.24, 2.45) is 5.73 Å². The zero-order valence-corrected chi connectivity index (χ0v) is 10.5. The Kier molecular flexibility index (Phi) is 4.23. The Morgan fingerprint density at radius 1 is 1.47 bits per heavy atom. The van der Waals surface area contributed by atoms with Crippen LogP contribution in [0.15, 0.2) is 24.3 Å². The first kappa shape index (κ1) is 13.6. The van der Waals surface area contributed by atoms with E-state index in [1.807, 2.05) is 6.92 Å². The van der Waals surface area contributed by atoms with E-state index in [0.717, 1.165) is 0 Å². The van der Waals surface area contributed by atoms with Crippen molar-refractivity contribution in [1.29, 1.82) is 0 Å². The molecule has 0 bridgehead atoms. The summed E-state index contributed by atoms with van der Waals surface area (Å²) in [5.74, 6) is -0.439. The second kappa shape index (κ2) is 5.27. The van der Waals surface area contributed by atoms with Gasteiger partial charge in [0, 0.05) is 24.2 Å². The Bertz CT molecular complexity index is 399. The van der Waals surface area contributed by atoms with E-state index in [9.17, 15) is 9.18 Å². The minimum atomic E-state index is -0.558. The van der Waals surface area contributed by atoms with Gasteiger partial charge >= 0.3 is 0 Å². The molecule has 0 saturated heterocycles. The van der Waals surface area contributed by atoms with Gasteiger partial charge in [0.15, 0.2) is 0 Å². The van der Waals surface area contributed by atoms with Crippen LogP contribution in [0.5, 0.6) is 0 Å². The summed E-state index contributed by atoms with van der Waals surface area (Å²) >= 11 is 0. The van der Waals surface area contributed by atoms with Crippen LogP contribution in [0.2, 0.25) is 0 Å². The van der Waals surface area contributed by atoms with Crippen LogP contribution in [0, 0.1) is 5.82 Å². The fourth-order valence-corrected chi connectivity index (χ4v) is 1.63. The molecule has 0 aliphatic rings. The number of benzene rings is 1. The number of nitrogens with zero attached hydrogens (tertiary/aromatic N) is 1. The summed E-state index contributed by atoms with van der Waals surface area (Å²) in [7, 11) is 0. The van der Waals surface area contributed by atoms with Gasteiger partial charge in [0.2, 0.25) is 5.91 Å². The molecule has 0 unspecified atom stereocenters. The lowest BCUT2D eigenvalue weighted by atomic mass is 10.0. The van der Waals surface area contributed by atoms with Crippen molar-refractivity contribution >= 4 is 11.6 Å². The van der Waals surface area contributed by atoms with E-state index in [1.165, 1.54) is 17.0 Å². The number of carbonyl (C=O) groups excluding carboxylic acids is 1. The maximum Gasteiger partial charge on any atom is 0.228 e. The molecular formula is C13H19FN2O. The molecule has 0 fully saturated rings. The summed E-state index contributed by atoms with van der Waals surface area (Å²) < 4.78 is 13.1. The lowest BCUT2D eigenvalue weighted by Gasteiger charge is -2.25. The normalized spacial score (nSPS) is 11.4. The molecule has 0 aliphatic heterocycles. The van der Waals surface area contributed by atoms with Crippen LogP contribution >= 0.6 is 0 Å². The summed E-state index contributed by atoms with van der Waals surface area (Å²) in [5, 5.41) is 0. The van der Waals surface area contributed by atoms with Gasteiger partial charge in [-0.1, -0.05) is 6.07 Å². The van der Waals surface area contributed by atoms with Crippen LogP contribution in [-0.4, -0.2) is 18.0 Å². The van der Waals surface area contributed by atoms with Gasteiger partial charge in [-0.05, 0) is 39.0 Å². The molecule has 1 aromatic rings. The molecule has 1 amide bonds. The summed E-state index contributed by atoms with van der Waals surface area (Å²) in [5.41, 5.74) is 5.83. The minimum Gasteiger partial charge on any atom is -0.325 e. The number of amides is 1. The van der Waals surface area contributed by atoms with Crippen molar-refractivity contribution in [2.45, 2.75) is 32.7 Å². The maximum atomic E-state index is 13.1. The molecule has 3 nitrogen and oxygen atoms in total. The summed E-state index contributed by atoms with van der Waals surface area (Å²) in [6.07, 6.45) is 0.233. The van der Waals surface area contributed by atoms with Crippen molar-refractivity contribution < 1.29 is 9.18 Å². The molecule has 94 valence electrons. The van der Waals surface area contributed by atoms with Crippen molar-refractivity contribution in [3.63, 3.8) is 0 Å². The highest BCUT2D eigenvalue weighted by atomic mass is 19.1. The topological polar surface area (TPSA) is 46.3 Å². The fourth-order valence-electron chi connectivity index (χ4n) is 1.63. The summed E-state index contributed by atoms with van der Waals surface area (Å²) in [6, 6.07) is 6.02. The Morgan fingerprint density at radius 3 is 2.59 bits per heavy atom. The number of anilines is 1. The molecular weight excluding hydrogens is 219 g/mol. The molecule has 1 aromatic carbocycles. The average Bonchev–Trinajstić information content (AvgIpc) is 2.15. The Balaban J connectivity index is 2.88. The van der Waals surface area contributed by atoms with Crippen LogP contribution in [0.3, 0.4) is 0 Å². The second-order valence-electron chi connectivity index (χ2n) is 4.78. The van der Waals surface area contributed by atoms with E-state index < -0.39 is 5.54 Å². The molecule has 4 heteroatoms. The van der Waals surface area contributed by atoms with E-state index in [4.69, 9.17) is 5.73 Å². The predicted octanol–water partition coefficient (Wildman–Crippen LogP) is 2.31. The van der Waals surface area contributed by atoms with E-state index in [0.29, 0.717) is 12.2 Å². The first-order chi connectivity index (χ1) is 7.83. The van der Waals surface area contributed by atoms with Gasteiger partial charge in [-0.15, -0.1) is 0 Å². The van der Waals surface area contributed by atoms with Gasteiger partial charge in [0.05, 0.1) is 0 Å². The molecule has 0 aromatic heterocycles. The van der Waals surface area contributed by atoms with Crippen molar-refractivity contribution in [2.75, 3.05) is 11.4 Å². The molecule has 0 radical (unpaired) electrons. The first-order valence-corrected chi connectivity index (χ1v) is 5.68. The molecule has 2 N–H and O–H groups in total. The third-order valence-electron chi connectivity index (χ3n) is 2.34. The number of hydrogen-bond donors (Lipinski definition) is 1. The lowest BCUT2D eigenvalue weighted by molar-refractivity contribution is -0.119.